The largest absolute Gasteiger partial charge is 0.497 e. The van der Waals surface area contributed by atoms with Crippen molar-refractivity contribution < 1.29 is 14.6 Å². The van der Waals surface area contributed by atoms with Crippen molar-refractivity contribution in [3.8, 4) is 11.5 Å². The van der Waals surface area contributed by atoms with Crippen LogP contribution in [-0.2, 0) is 6.54 Å². The van der Waals surface area contributed by atoms with Crippen LogP contribution in [0.25, 0.3) is 0 Å². The first-order valence-corrected chi connectivity index (χ1v) is 9.27. The maximum absolute atomic E-state index is 10.2. The molecule has 1 atom stereocenters. The van der Waals surface area contributed by atoms with E-state index < -0.39 is 6.10 Å². The summed E-state index contributed by atoms with van der Waals surface area (Å²) in [5, 5.41) is 13.5. The van der Waals surface area contributed by atoms with Gasteiger partial charge in [0.15, 0.2) is 0 Å². The first kappa shape index (κ1) is 19.2. The van der Waals surface area contributed by atoms with E-state index in [0.29, 0.717) is 19.7 Å². The molecule has 0 radical (unpaired) electrons. The predicted molar refractivity (Wildman–Crippen MR) is 103 cm³/mol. The van der Waals surface area contributed by atoms with Gasteiger partial charge in [0.2, 0.25) is 0 Å². The molecular formula is C18H21Br2NO3. The molecule has 6 heteroatoms. The van der Waals surface area contributed by atoms with Crippen LogP contribution in [0.2, 0.25) is 0 Å². The van der Waals surface area contributed by atoms with Crippen LogP contribution in [0.5, 0.6) is 11.5 Å². The van der Waals surface area contributed by atoms with Crippen molar-refractivity contribution in [1.82, 2.24) is 5.32 Å². The molecule has 0 saturated heterocycles. The molecule has 0 bridgehead atoms. The Morgan fingerprint density at radius 1 is 1.12 bits per heavy atom. The fourth-order valence-electron chi connectivity index (χ4n) is 2.29. The summed E-state index contributed by atoms with van der Waals surface area (Å²) in [5.41, 5.74) is 1.96. The van der Waals surface area contributed by atoms with E-state index in [9.17, 15) is 5.11 Å². The Hall–Kier alpha value is -1.08. The second-order valence-corrected chi connectivity index (χ2v) is 6.95. The minimum absolute atomic E-state index is 0.467. The molecule has 2 rings (SSSR count). The molecule has 0 aliphatic heterocycles. The molecule has 1 unspecified atom stereocenters. The third-order valence-corrected chi connectivity index (χ3v) is 4.69. The van der Waals surface area contributed by atoms with E-state index in [2.05, 4.69) is 37.2 Å². The highest BCUT2D eigenvalue weighted by Gasteiger charge is 2.10. The highest BCUT2D eigenvalue weighted by atomic mass is 79.9. The van der Waals surface area contributed by atoms with Crippen molar-refractivity contribution >= 4 is 31.9 Å². The van der Waals surface area contributed by atoms with E-state index in [0.717, 1.165) is 31.6 Å². The summed E-state index contributed by atoms with van der Waals surface area (Å²) in [5.74, 6) is 1.59. The molecule has 0 amide bonds. The van der Waals surface area contributed by atoms with Crippen LogP contribution in [0.3, 0.4) is 0 Å². The van der Waals surface area contributed by atoms with Crippen molar-refractivity contribution in [2.75, 3.05) is 20.3 Å². The van der Waals surface area contributed by atoms with Crippen LogP contribution < -0.4 is 14.8 Å². The second-order valence-electron chi connectivity index (χ2n) is 5.24. The predicted octanol–water partition coefficient (Wildman–Crippen LogP) is 4.44. The van der Waals surface area contributed by atoms with Gasteiger partial charge in [0.1, 0.15) is 11.5 Å². The minimum Gasteiger partial charge on any atom is -0.497 e. The summed E-state index contributed by atoms with van der Waals surface area (Å²) < 4.78 is 12.5. The number of aliphatic hydroxyl groups excluding tert-OH is 1. The summed E-state index contributed by atoms with van der Waals surface area (Å²) in [7, 11) is 1.63. The molecule has 4 nitrogen and oxygen atoms in total. The van der Waals surface area contributed by atoms with Gasteiger partial charge >= 0.3 is 0 Å². The Balaban J connectivity index is 1.91. The van der Waals surface area contributed by atoms with Crippen LogP contribution in [0, 0.1) is 0 Å². The lowest BCUT2D eigenvalue weighted by atomic mass is 10.1. The summed E-state index contributed by atoms with van der Waals surface area (Å²) in [4.78, 5) is 0. The number of hydrogen-bond donors (Lipinski definition) is 2. The van der Waals surface area contributed by atoms with Gasteiger partial charge in [-0.25, -0.2) is 0 Å². The number of aliphatic hydroxyl groups is 1. The smallest absolute Gasteiger partial charge is 0.147 e. The van der Waals surface area contributed by atoms with Gasteiger partial charge in [-0.2, -0.15) is 0 Å². The lowest BCUT2D eigenvalue weighted by molar-refractivity contribution is 0.174. The van der Waals surface area contributed by atoms with Crippen molar-refractivity contribution in [3.05, 3.63) is 56.5 Å². The summed E-state index contributed by atoms with van der Waals surface area (Å²) in [6.07, 6.45) is -0.564. The monoisotopic (exact) mass is 457 g/mol. The molecule has 24 heavy (non-hydrogen) atoms. The zero-order valence-corrected chi connectivity index (χ0v) is 16.9. The minimum atomic E-state index is -0.564. The molecule has 0 heterocycles. The highest BCUT2D eigenvalue weighted by Crippen LogP contribution is 2.34. The Morgan fingerprint density at radius 2 is 1.75 bits per heavy atom. The third-order valence-electron chi connectivity index (χ3n) is 3.51. The summed E-state index contributed by atoms with van der Waals surface area (Å²) in [6.45, 7) is 3.68. The Bertz CT molecular complexity index is 639. The van der Waals surface area contributed by atoms with Gasteiger partial charge in [0.25, 0.3) is 0 Å². The molecule has 0 saturated carbocycles. The maximum Gasteiger partial charge on any atom is 0.147 e. The van der Waals surface area contributed by atoms with Crippen molar-refractivity contribution in [2.24, 2.45) is 0 Å². The Labute approximate surface area is 159 Å². The van der Waals surface area contributed by atoms with E-state index in [4.69, 9.17) is 9.47 Å². The third kappa shape index (κ3) is 5.21. The number of rotatable bonds is 8. The zero-order chi connectivity index (χ0) is 17.5. The topological polar surface area (TPSA) is 50.7 Å². The molecular weight excluding hydrogens is 438 g/mol. The number of hydrogen-bond acceptors (Lipinski definition) is 4. The van der Waals surface area contributed by atoms with Gasteiger partial charge in [-0.05, 0) is 74.2 Å². The van der Waals surface area contributed by atoms with Gasteiger partial charge in [0, 0.05) is 13.1 Å². The number of methoxy groups -OCH3 is 1. The summed E-state index contributed by atoms with van der Waals surface area (Å²) >= 11 is 7.05. The Morgan fingerprint density at radius 3 is 2.29 bits per heavy atom. The molecule has 0 spiro atoms. The highest BCUT2D eigenvalue weighted by molar-refractivity contribution is 9.11. The molecule has 0 aliphatic rings. The Kier molecular flexibility index (Phi) is 7.55. The number of halogens is 2. The number of nitrogens with one attached hydrogen (secondary N) is 1. The maximum atomic E-state index is 10.2. The molecule has 2 N–H and O–H groups in total. The number of benzene rings is 2. The summed E-state index contributed by atoms with van der Waals surface area (Å²) in [6, 6.07) is 11.5. The second kappa shape index (κ2) is 9.42. The van der Waals surface area contributed by atoms with E-state index in [1.807, 2.05) is 43.3 Å². The van der Waals surface area contributed by atoms with Gasteiger partial charge in [-0.15, -0.1) is 0 Å². The quantitative estimate of drug-likeness (QED) is 0.613. The van der Waals surface area contributed by atoms with Gasteiger partial charge in [-0.1, -0.05) is 12.1 Å². The van der Waals surface area contributed by atoms with Crippen LogP contribution in [-0.4, -0.2) is 25.4 Å². The van der Waals surface area contributed by atoms with Crippen molar-refractivity contribution in [2.45, 2.75) is 19.6 Å². The molecule has 2 aromatic carbocycles. The molecule has 0 aliphatic carbocycles. The van der Waals surface area contributed by atoms with Crippen molar-refractivity contribution in [1.29, 1.82) is 0 Å². The first-order chi connectivity index (χ1) is 11.5. The average Bonchev–Trinajstić information content (AvgIpc) is 2.58. The van der Waals surface area contributed by atoms with Crippen LogP contribution >= 0.6 is 31.9 Å². The zero-order valence-electron chi connectivity index (χ0n) is 13.7. The van der Waals surface area contributed by atoms with Crippen LogP contribution in [0.15, 0.2) is 45.3 Å². The average molecular weight is 459 g/mol. The first-order valence-electron chi connectivity index (χ1n) is 7.68. The van der Waals surface area contributed by atoms with E-state index in [-0.39, 0.29) is 0 Å². The molecule has 0 fully saturated rings. The van der Waals surface area contributed by atoms with Gasteiger partial charge in [0.05, 0.1) is 28.8 Å². The van der Waals surface area contributed by atoms with Crippen molar-refractivity contribution in [3.63, 3.8) is 0 Å². The normalized spacial score (nSPS) is 12.0. The SMILES string of the molecule is CCOc1c(Br)cc(CNCC(O)c2ccc(OC)cc2)cc1Br. The fraction of sp³-hybridized carbons (Fsp3) is 0.333. The standard InChI is InChI=1S/C18H21Br2NO3/c1-3-24-18-15(19)8-12(9-16(18)20)10-21-11-17(22)13-4-6-14(23-2)7-5-13/h4-9,17,21-22H,3,10-11H2,1-2H3. The van der Waals surface area contributed by atoms with Gasteiger partial charge < -0.3 is 19.9 Å². The number of ether oxygens (including phenoxy) is 2. The van der Waals surface area contributed by atoms with E-state index in [1.54, 1.807) is 7.11 Å². The van der Waals surface area contributed by atoms with E-state index in [1.165, 1.54) is 0 Å². The van der Waals surface area contributed by atoms with E-state index >= 15 is 0 Å². The lowest BCUT2D eigenvalue weighted by Gasteiger charge is -2.14. The lowest BCUT2D eigenvalue weighted by Crippen LogP contribution is -2.21. The fourth-order valence-corrected chi connectivity index (χ4v) is 3.80. The van der Waals surface area contributed by atoms with Gasteiger partial charge in [-0.3, -0.25) is 0 Å². The molecule has 130 valence electrons. The molecule has 0 aromatic heterocycles. The van der Waals surface area contributed by atoms with Crippen LogP contribution in [0.4, 0.5) is 0 Å². The molecule has 2 aromatic rings. The van der Waals surface area contributed by atoms with Crippen LogP contribution in [0.1, 0.15) is 24.2 Å².